The van der Waals surface area contributed by atoms with Crippen molar-refractivity contribution in [3.63, 3.8) is 0 Å². The molecule has 2 bridgehead atoms. The van der Waals surface area contributed by atoms with Crippen LogP contribution in [0.1, 0.15) is 13.2 Å². The first-order chi connectivity index (χ1) is 11.9. The highest BCUT2D eigenvalue weighted by Gasteiger charge is 2.59. The van der Waals surface area contributed by atoms with Gasteiger partial charge >= 0.3 is 0 Å². The summed E-state index contributed by atoms with van der Waals surface area (Å²) in [4.78, 5) is 29.3. The van der Waals surface area contributed by atoms with Crippen LogP contribution in [0.25, 0.3) is 11.2 Å². The van der Waals surface area contributed by atoms with Gasteiger partial charge in [0.05, 0.1) is 25.9 Å². The van der Waals surface area contributed by atoms with Gasteiger partial charge in [-0.05, 0) is 0 Å². The van der Waals surface area contributed by atoms with Crippen LogP contribution in [-0.2, 0) is 9.47 Å². The number of aliphatic hydroxyl groups excluding tert-OH is 1. The third-order valence-electron chi connectivity index (χ3n) is 4.85. The quantitative estimate of drug-likeness (QED) is 0.572. The molecule has 0 amide bonds. The third-order valence-corrected chi connectivity index (χ3v) is 4.85. The van der Waals surface area contributed by atoms with Gasteiger partial charge in [0.2, 0.25) is 5.95 Å². The molecule has 2 saturated heterocycles. The highest BCUT2D eigenvalue weighted by molar-refractivity contribution is 5.71. The fourth-order valence-corrected chi connectivity index (χ4v) is 3.36. The molecule has 10 nitrogen and oxygen atoms in total. The number of hydrogen-bond acceptors (Lipinski definition) is 7. The van der Waals surface area contributed by atoms with E-state index in [2.05, 4.69) is 19.9 Å². The number of aromatic amines is 1. The maximum atomic E-state index is 12.2. The summed E-state index contributed by atoms with van der Waals surface area (Å²) in [5.41, 5.74) is -0.514. The molecule has 0 spiro atoms. The lowest BCUT2D eigenvalue weighted by molar-refractivity contribution is -0.183. The van der Waals surface area contributed by atoms with Gasteiger partial charge in [0.25, 0.3) is 5.56 Å². The van der Waals surface area contributed by atoms with Crippen LogP contribution in [0.2, 0.25) is 0 Å². The zero-order valence-electron chi connectivity index (χ0n) is 14.2. The summed E-state index contributed by atoms with van der Waals surface area (Å²) in [6, 6.07) is 0. The van der Waals surface area contributed by atoms with Gasteiger partial charge in [-0.25, -0.2) is 9.98 Å². The van der Waals surface area contributed by atoms with E-state index >= 15 is 0 Å². The molecule has 4 atom stereocenters. The molecular weight excluding hydrogens is 328 g/mol. The number of nitrogens with zero attached hydrogens (tertiary/aromatic N) is 5. The lowest BCUT2D eigenvalue weighted by Gasteiger charge is -2.30. The van der Waals surface area contributed by atoms with Crippen LogP contribution in [0, 0.1) is 5.92 Å². The molecule has 2 aromatic heterocycles. The number of rotatable bonds is 4. The van der Waals surface area contributed by atoms with Crippen LogP contribution in [0.5, 0.6) is 0 Å². The molecule has 2 aliphatic rings. The summed E-state index contributed by atoms with van der Waals surface area (Å²) in [6.45, 7) is 2.21. The summed E-state index contributed by atoms with van der Waals surface area (Å²) >= 11 is 0. The van der Waals surface area contributed by atoms with Crippen molar-refractivity contribution in [2.75, 3.05) is 27.3 Å². The molecule has 4 heterocycles. The van der Waals surface area contributed by atoms with Crippen molar-refractivity contribution in [3.8, 4) is 0 Å². The highest BCUT2D eigenvalue weighted by Crippen LogP contribution is 2.49. The molecule has 2 aliphatic heterocycles. The Labute approximate surface area is 143 Å². The number of hydrogen-bond donors (Lipinski definition) is 2. The minimum Gasteiger partial charge on any atom is -0.393 e. The van der Waals surface area contributed by atoms with Gasteiger partial charge in [-0.15, -0.1) is 0 Å². The average Bonchev–Trinajstić information content (AvgIpc) is 3.23. The molecule has 2 fully saturated rings. The Hall–Kier alpha value is -2.30. The lowest BCUT2D eigenvalue weighted by atomic mass is 9.91. The Bertz CT molecular complexity index is 890. The van der Waals surface area contributed by atoms with E-state index in [4.69, 9.17) is 9.47 Å². The Kier molecular flexibility index (Phi) is 3.63. The molecule has 0 saturated carbocycles. The Morgan fingerprint density at radius 2 is 2.40 bits per heavy atom. The Balaban J connectivity index is 1.78. The summed E-state index contributed by atoms with van der Waals surface area (Å²) < 4.78 is 13.6. The standard InChI is InChI=1S/C15H20N6O4/c1-8-10-13(25-15(8,4-22)5-24-10)21-7-16-9-11(21)18-14(19-12(9)23)17-6-20(2)3/h6-8,10,13,22H,4-5H2,1-3H3,(H,18,19,23)/t8?,10-,13+,15-/m0/s1. The number of aromatic nitrogens is 4. The van der Waals surface area contributed by atoms with E-state index in [0.717, 1.165) is 0 Å². The van der Waals surface area contributed by atoms with E-state index in [1.54, 1.807) is 15.8 Å². The normalized spacial score (nSPS) is 31.4. The Morgan fingerprint density at radius 3 is 3.08 bits per heavy atom. The first kappa shape index (κ1) is 16.2. The fourth-order valence-electron chi connectivity index (χ4n) is 3.36. The van der Waals surface area contributed by atoms with Crippen LogP contribution in [0.4, 0.5) is 5.95 Å². The minimum absolute atomic E-state index is 0.0215. The number of imidazole rings is 1. The predicted octanol–water partition coefficient (Wildman–Crippen LogP) is -0.364. The molecular formula is C15H20N6O4. The van der Waals surface area contributed by atoms with Gasteiger partial charge < -0.3 is 19.5 Å². The van der Waals surface area contributed by atoms with Crippen molar-refractivity contribution < 1.29 is 14.6 Å². The van der Waals surface area contributed by atoms with Crippen molar-refractivity contribution in [2.24, 2.45) is 10.9 Å². The monoisotopic (exact) mass is 348 g/mol. The van der Waals surface area contributed by atoms with E-state index in [-0.39, 0.29) is 35.7 Å². The van der Waals surface area contributed by atoms with Crippen molar-refractivity contribution >= 4 is 23.5 Å². The van der Waals surface area contributed by atoms with E-state index in [1.807, 2.05) is 21.0 Å². The highest BCUT2D eigenvalue weighted by atomic mass is 16.6. The number of H-pyrrole nitrogens is 1. The molecule has 25 heavy (non-hydrogen) atoms. The maximum absolute atomic E-state index is 12.2. The van der Waals surface area contributed by atoms with Crippen molar-refractivity contribution in [1.82, 2.24) is 24.4 Å². The minimum atomic E-state index is -0.723. The van der Waals surface area contributed by atoms with E-state index in [0.29, 0.717) is 12.3 Å². The third kappa shape index (κ3) is 2.36. The largest absolute Gasteiger partial charge is 0.393 e. The average molecular weight is 348 g/mol. The second-order valence-corrected chi connectivity index (χ2v) is 6.72. The van der Waals surface area contributed by atoms with Crippen molar-refractivity contribution in [2.45, 2.75) is 24.9 Å². The van der Waals surface area contributed by atoms with E-state index in [1.165, 1.54) is 6.33 Å². The molecule has 1 unspecified atom stereocenters. The maximum Gasteiger partial charge on any atom is 0.280 e. The topological polar surface area (TPSA) is 118 Å². The van der Waals surface area contributed by atoms with Crippen LogP contribution in [0.3, 0.4) is 0 Å². The fraction of sp³-hybridized carbons (Fsp3) is 0.600. The summed E-state index contributed by atoms with van der Waals surface area (Å²) in [5, 5.41) is 9.73. The zero-order chi connectivity index (χ0) is 17.8. The number of aliphatic hydroxyl groups is 1. The predicted molar refractivity (Wildman–Crippen MR) is 88.8 cm³/mol. The molecule has 2 aromatic rings. The zero-order valence-corrected chi connectivity index (χ0v) is 14.2. The summed E-state index contributed by atoms with van der Waals surface area (Å²) in [6.07, 6.45) is 2.32. The SMILES string of the molecule is CC1[C@@H]2OC[C@]1(CO)O[C@H]2n1cnc2c(=O)[nH]c(N=CN(C)C)nc21. The van der Waals surface area contributed by atoms with Crippen molar-refractivity contribution in [3.05, 3.63) is 16.7 Å². The molecule has 4 rings (SSSR count). The van der Waals surface area contributed by atoms with Crippen LogP contribution < -0.4 is 5.56 Å². The van der Waals surface area contributed by atoms with Gasteiger partial charge in [-0.3, -0.25) is 14.3 Å². The molecule has 10 heteroatoms. The summed E-state index contributed by atoms with van der Waals surface area (Å²) in [7, 11) is 3.64. The number of ether oxygens (including phenoxy) is 2. The first-order valence-corrected chi connectivity index (χ1v) is 8.03. The molecule has 2 N–H and O–H groups in total. The van der Waals surface area contributed by atoms with Gasteiger partial charge in [-0.1, -0.05) is 6.92 Å². The molecule has 134 valence electrons. The van der Waals surface area contributed by atoms with Gasteiger partial charge in [0, 0.05) is 20.0 Å². The van der Waals surface area contributed by atoms with Gasteiger partial charge in [0.1, 0.15) is 11.7 Å². The van der Waals surface area contributed by atoms with Crippen molar-refractivity contribution in [1.29, 1.82) is 0 Å². The second-order valence-electron chi connectivity index (χ2n) is 6.72. The molecule has 0 aromatic carbocycles. The smallest absolute Gasteiger partial charge is 0.280 e. The molecule has 0 radical (unpaired) electrons. The van der Waals surface area contributed by atoms with Crippen LogP contribution in [-0.4, -0.2) is 74.9 Å². The lowest BCUT2D eigenvalue weighted by Crippen LogP contribution is -2.40. The molecule has 0 aliphatic carbocycles. The van der Waals surface area contributed by atoms with Gasteiger partial charge in [-0.2, -0.15) is 4.98 Å². The Morgan fingerprint density at radius 1 is 1.60 bits per heavy atom. The first-order valence-electron chi connectivity index (χ1n) is 8.03. The van der Waals surface area contributed by atoms with Gasteiger partial charge in [0.15, 0.2) is 17.4 Å². The van der Waals surface area contributed by atoms with E-state index < -0.39 is 11.8 Å². The second kappa shape index (κ2) is 5.61. The summed E-state index contributed by atoms with van der Waals surface area (Å²) in [5.74, 6) is 0.204. The van der Waals surface area contributed by atoms with Crippen LogP contribution >= 0.6 is 0 Å². The van der Waals surface area contributed by atoms with Crippen LogP contribution in [0.15, 0.2) is 16.1 Å². The number of aliphatic imine (C=N–C) groups is 1. The number of fused-ring (bicyclic) bond motifs is 3. The van der Waals surface area contributed by atoms with E-state index in [9.17, 15) is 9.90 Å². The number of nitrogens with one attached hydrogen (secondary N) is 1.